The van der Waals surface area contributed by atoms with Crippen molar-refractivity contribution < 1.29 is 28.5 Å². The predicted octanol–water partition coefficient (Wildman–Crippen LogP) is 4.42. The summed E-state index contributed by atoms with van der Waals surface area (Å²) in [5, 5.41) is 0. The molecule has 3 rings (SSSR count). The van der Waals surface area contributed by atoms with Crippen molar-refractivity contribution in [3.8, 4) is 17.2 Å². The van der Waals surface area contributed by atoms with Crippen LogP contribution in [0.1, 0.15) is 37.3 Å². The number of esters is 1. The number of carbonyl (C=O) groups excluding carboxylic acids is 2. The summed E-state index contributed by atoms with van der Waals surface area (Å²) in [5.41, 5.74) is 2.48. The first-order valence-electron chi connectivity index (χ1n) is 10.4. The average molecular weight is 424 g/mol. The van der Waals surface area contributed by atoms with Gasteiger partial charge in [-0.15, -0.1) is 0 Å². The largest absolute Gasteiger partial charge is 0.494 e. The molecule has 0 saturated carbocycles. The van der Waals surface area contributed by atoms with Crippen LogP contribution < -0.4 is 14.2 Å². The Morgan fingerprint density at radius 1 is 0.968 bits per heavy atom. The summed E-state index contributed by atoms with van der Waals surface area (Å²) in [4.78, 5) is 25.9. The van der Waals surface area contributed by atoms with Gasteiger partial charge in [0.15, 0.2) is 17.3 Å². The lowest BCUT2D eigenvalue weighted by molar-refractivity contribution is -0.151. The minimum absolute atomic E-state index is 0.217. The van der Waals surface area contributed by atoms with Gasteiger partial charge in [0, 0.05) is 5.92 Å². The number of carbonyl (C=O) groups is 2. The third-order valence-corrected chi connectivity index (χ3v) is 5.38. The molecule has 164 valence electrons. The number of ether oxygens (including phenoxy) is 4. The Labute approximate surface area is 182 Å². The van der Waals surface area contributed by atoms with Crippen molar-refractivity contribution in [2.24, 2.45) is 5.92 Å². The van der Waals surface area contributed by atoms with Crippen LogP contribution >= 0.6 is 0 Å². The number of methoxy groups -OCH3 is 2. The van der Waals surface area contributed by atoms with Gasteiger partial charge in [-0.2, -0.15) is 0 Å². The molecule has 31 heavy (non-hydrogen) atoms. The van der Waals surface area contributed by atoms with E-state index in [1.807, 2.05) is 43.3 Å². The van der Waals surface area contributed by atoms with Crippen LogP contribution in [0, 0.1) is 5.92 Å². The molecule has 6 heteroatoms. The zero-order chi connectivity index (χ0) is 22.4. The van der Waals surface area contributed by atoms with Crippen LogP contribution in [0.2, 0.25) is 0 Å². The van der Waals surface area contributed by atoms with E-state index >= 15 is 0 Å². The molecule has 0 heterocycles. The fourth-order valence-electron chi connectivity index (χ4n) is 3.99. The molecule has 2 aromatic rings. The summed E-state index contributed by atoms with van der Waals surface area (Å²) in [5.74, 6) is -0.237. The highest BCUT2D eigenvalue weighted by Crippen LogP contribution is 2.44. The number of allylic oxidation sites excluding steroid dienone is 2. The van der Waals surface area contributed by atoms with E-state index in [0.29, 0.717) is 30.3 Å². The van der Waals surface area contributed by atoms with Gasteiger partial charge in [-0.3, -0.25) is 9.59 Å². The SMILES string of the molecule is CCOC(=O)[C@@H]1C(=O)C=C(c2ccc(OC)c(OC)c2)C[C@@H]1c1ccccc1OCC. The van der Waals surface area contributed by atoms with Crippen molar-refractivity contribution in [3.05, 3.63) is 59.7 Å². The highest BCUT2D eigenvalue weighted by atomic mass is 16.5. The van der Waals surface area contributed by atoms with E-state index < -0.39 is 17.8 Å². The number of hydrogen-bond acceptors (Lipinski definition) is 6. The van der Waals surface area contributed by atoms with Crippen LogP contribution in [0.4, 0.5) is 0 Å². The van der Waals surface area contributed by atoms with Crippen LogP contribution in [0.25, 0.3) is 5.57 Å². The predicted molar refractivity (Wildman–Crippen MR) is 118 cm³/mol. The molecule has 6 nitrogen and oxygen atoms in total. The quantitative estimate of drug-likeness (QED) is 0.461. The first-order chi connectivity index (χ1) is 15.0. The maximum atomic E-state index is 13.2. The van der Waals surface area contributed by atoms with Crippen LogP contribution in [-0.2, 0) is 14.3 Å². The van der Waals surface area contributed by atoms with E-state index in [1.165, 1.54) is 0 Å². The van der Waals surface area contributed by atoms with Gasteiger partial charge in [0.05, 0.1) is 27.4 Å². The van der Waals surface area contributed by atoms with Gasteiger partial charge in [-0.05, 0) is 61.2 Å². The summed E-state index contributed by atoms with van der Waals surface area (Å²) in [6.45, 7) is 4.34. The van der Waals surface area contributed by atoms with Crippen LogP contribution in [0.5, 0.6) is 17.2 Å². The lowest BCUT2D eigenvalue weighted by Gasteiger charge is -2.30. The molecule has 0 spiro atoms. The van der Waals surface area contributed by atoms with Gasteiger partial charge in [0.1, 0.15) is 11.7 Å². The van der Waals surface area contributed by atoms with E-state index in [4.69, 9.17) is 18.9 Å². The highest BCUT2D eigenvalue weighted by molar-refractivity contribution is 6.10. The van der Waals surface area contributed by atoms with E-state index in [-0.39, 0.29) is 12.4 Å². The third-order valence-electron chi connectivity index (χ3n) is 5.38. The molecule has 0 fully saturated rings. The van der Waals surface area contributed by atoms with E-state index in [2.05, 4.69) is 0 Å². The monoisotopic (exact) mass is 424 g/mol. The Bertz CT molecular complexity index is 978. The molecule has 0 aliphatic heterocycles. The van der Waals surface area contributed by atoms with Crippen molar-refractivity contribution in [1.29, 1.82) is 0 Å². The molecule has 2 atom stereocenters. The molecular formula is C25H28O6. The van der Waals surface area contributed by atoms with Crippen LogP contribution in [-0.4, -0.2) is 39.2 Å². The van der Waals surface area contributed by atoms with Gasteiger partial charge in [-0.25, -0.2) is 0 Å². The average Bonchev–Trinajstić information content (AvgIpc) is 2.78. The summed E-state index contributed by atoms with van der Waals surface area (Å²) in [6.07, 6.45) is 2.03. The minimum Gasteiger partial charge on any atom is -0.494 e. The van der Waals surface area contributed by atoms with Gasteiger partial charge >= 0.3 is 5.97 Å². The molecule has 0 unspecified atom stereocenters. The molecule has 0 radical (unpaired) electrons. The van der Waals surface area contributed by atoms with Crippen LogP contribution in [0.15, 0.2) is 48.5 Å². The van der Waals surface area contributed by atoms with Crippen LogP contribution in [0.3, 0.4) is 0 Å². The highest BCUT2D eigenvalue weighted by Gasteiger charge is 2.41. The van der Waals surface area contributed by atoms with Crippen molar-refractivity contribution in [2.75, 3.05) is 27.4 Å². The molecule has 0 aromatic heterocycles. The fraction of sp³-hybridized carbons (Fsp3) is 0.360. The number of ketones is 1. The molecule has 2 aromatic carbocycles. The summed E-state index contributed by atoms with van der Waals surface area (Å²) in [6, 6.07) is 13.1. The van der Waals surface area contributed by atoms with Gasteiger partial charge in [0.2, 0.25) is 0 Å². The van der Waals surface area contributed by atoms with Crippen molar-refractivity contribution >= 4 is 17.3 Å². The first-order valence-corrected chi connectivity index (χ1v) is 10.4. The van der Waals surface area contributed by atoms with E-state index in [9.17, 15) is 9.59 Å². The lowest BCUT2D eigenvalue weighted by Crippen LogP contribution is -2.34. The van der Waals surface area contributed by atoms with Crippen molar-refractivity contribution in [2.45, 2.75) is 26.2 Å². The van der Waals surface area contributed by atoms with Gasteiger partial charge in [-0.1, -0.05) is 24.3 Å². The standard InChI is InChI=1S/C25H28O6/c1-5-30-21-10-8-7-9-18(21)19-13-17(14-20(26)24(19)25(27)31-6-2)16-11-12-22(28-3)23(15-16)29-4/h7-12,14-15,19,24H,5-6,13H2,1-4H3/t19-,24+/m1/s1. The molecule has 0 amide bonds. The normalized spacial score (nSPS) is 18.2. The van der Waals surface area contributed by atoms with E-state index in [1.54, 1.807) is 33.3 Å². The molecule has 1 aliphatic carbocycles. The molecular weight excluding hydrogens is 396 g/mol. The van der Waals surface area contributed by atoms with Crippen molar-refractivity contribution in [1.82, 2.24) is 0 Å². The van der Waals surface area contributed by atoms with Gasteiger partial charge in [0.25, 0.3) is 0 Å². The lowest BCUT2D eigenvalue weighted by atomic mass is 9.73. The second kappa shape index (κ2) is 10.2. The maximum absolute atomic E-state index is 13.2. The zero-order valence-electron chi connectivity index (χ0n) is 18.3. The summed E-state index contributed by atoms with van der Waals surface area (Å²) >= 11 is 0. The second-order valence-electron chi connectivity index (χ2n) is 7.15. The third kappa shape index (κ3) is 4.74. The Kier molecular flexibility index (Phi) is 7.34. The molecule has 0 N–H and O–H groups in total. The summed E-state index contributed by atoms with van der Waals surface area (Å²) < 4.78 is 21.8. The van der Waals surface area contributed by atoms with E-state index in [0.717, 1.165) is 16.7 Å². The Morgan fingerprint density at radius 2 is 1.71 bits per heavy atom. The van der Waals surface area contributed by atoms with Crippen molar-refractivity contribution in [3.63, 3.8) is 0 Å². The molecule has 0 saturated heterocycles. The molecule has 1 aliphatic rings. The van der Waals surface area contributed by atoms with Gasteiger partial charge < -0.3 is 18.9 Å². The topological polar surface area (TPSA) is 71.1 Å². The Balaban J connectivity index is 2.07. The number of benzene rings is 2. The number of para-hydroxylation sites is 1. The summed E-state index contributed by atoms with van der Waals surface area (Å²) in [7, 11) is 3.14. The first kappa shape index (κ1) is 22.4. The maximum Gasteiger partial charge on any atom is 0.317 e. The second-order valence-corrected chi connectivity index (χ2v) is 7.15. The minimum atomic E-state index is -0.912. The molecule has 0 bridgehead atoms. The fourth-order valence-corrected chi connectivity index (χ4v) is 3.99. The number of rotatable bonds is 8. The smallest absolute Gasteiger partial charge is 0.317 e. The number of hydrogen-bond donors (Lipinski definition) is 0. The zero-order valence-corrected chi connectivity index (χ0v) is 18.3. The Morgan fingerprint density at radius 3 is 2.39 bits per heavy atom. The Hall–Kier alpha value is -3.28.